The van der Waals surface area contributed by atoms with Gasteiger partial charge in [0.25, 0.3) is 0 Å². The Balaban J connectivity index is 1.37. The number of amides is 1. The lowest BCUT2D eigenvalue weighted by atomic mass is 9.88. The lowest BCUT2D eigenvalue weighted by Gasteiger charge is -2.20. The number of anilines is 1. The van der Waals surface area contributed by atoms with Gasteiger partial charge < -0.3 is 5.32 Å². The summed E-state index contributed by atoms with van der Waals surface area (Å²) in [5.74, 6) is 1.03. The molecule has 1 aliphatic rings. The van der Waals surface area contributed by atoms with Crippen LogP contribution in [0.2, 0.25) is 0 Å². The van der Waals surface area contributed by atoms with Crippen LogP contribution < -0.4 is 5.32 Å². The quantitative estimate of drug-likeness (QED) is 0.518. The van der Waals surface area contributed by atoms with Crippen molar-refractivity contribution < 1.29 is 4.79 Å². The highest BCUT2D eigenvalue weighted by Crippen LogP contribution is 2.27. The summed E-state index contributed by atoms with van der Waals surface area (Å²) in [7, 11) is 0. The summed E-state index contributed by atoms with van der Waals surface area (Å²) in [5, 5.41) is 18.3. The van der Waals surface area contributed by atoms with Gasteiger partial charge in [0.2, 0.25) is 5.91 Å². The fraction of sp³-hybridized carbons (Fsp3) is 0.273. The molecule has 0 unspecified atom stereocenters. The third kappa shape index (κ3) is 3.65. The van der Waals surface area contributed by atoms with Gasteiger partial charge in [-0.25, -0.2) is 0 Å². The zero-order chi connectivity index (χ0) is 19.6. The van der Waals surface area contributed by atoms with Crippen LogP contribution in [0, 0.1) is 5.92 Å². The molecule has 1 N–H and O–H groups in total. The first-order valence-electron chi connectivity index (χ1n) is 9.95. The van der Waals surface area contributed by atoms with Crippen molar-refractivity contribution >= 4 is 28.6 Å². The van der Waals surface area contributed by atoms with Gasteiger partial charge in [0.15, 0.2) is 11.5 Å². The molecule has 0 saturated heterocycles. The van der Waals surface area contributed by atoms with E-state index in [1.807, 2.05) is 53.9 Å². The molecule has 6 nitrogen and oxygen atoms in total. The second-order valence-electron chi connectivity index (χ2n) is 7.39. The third-order valence-electron chi connectivity index (χ3n) is 5.43. The molecule has 1 aliphatic carbocycles. The number of carbonyl (C=O) groups excluding carboxylic acids is 1. The molecule has 0 atom stereocenters. The van der Waals surface area contributed by atoms with Gasteiger partial charge in [-0.1, -0.05) is 37.5 Å². The molecule has 3 aromatic heterocycles. The lowest BCUT2D eigenvalue weighted by molar-refractivity contribution is -0.120. The summed E-state index contributed by atoms with van der Waals surface area (Å²) in [4.78, 5) is 13.5. The van der Waals surface area contributed by atoms with Gasteiger partial charge in [-0.2, -0.15) is 9.61 Å². The number of nitrogens with zero attached hydrogens (tertiary/aromatic N) is 4. The molecule has 1 amide bonds. The van der Waals surface area contributed by atoms with Crippen LogP contribution in [0.4, 0.5) is 5.69 Å². The predicted octanol–water partition coefficient (Wildman–Crippen LogP) is 5.04. The second kappa shape index (κ2) is 7.75. The third-order valence-corrected chi connectivity index (χ3v) is 6.29. The normalized spacial score (nSPS) is 14.9. The molecule has 7 heteroatoms. The first kappa shape index (κ1) is 18.0. The van der Waals surface area contributed by atoms with Gasteiger partial charge in [-0.3, -0.25) is 4.79 Å². The van der Waals surface area contributed by atoms with E-state index in [0.717, 1.165) is 53.3 Å². The first-order valence-corrected chi connectivity index (χ1v) is 10.8. The number of aromatic nitrogens is 4. The van der Waals surface area contributed by atoms with Crippen molar-refractivity contribution in [2.24, 2.45) is 5.92 Å². The van der Waals surface area contributed by atoms with E-state index in [-0.39, 0.29) is 11.8 Å². The number of benzene rings is 1. The average Bonchev–Trinajstić information content (AvgIpc) is 3.44. The number of carbonyl (C=O) groups is 1. The van der Waals surface area contributed by atoms with Crippen LogP contribution in [-0.4, -0.2) is 25.7 Å². The number of nitrogens with one attached hydrogen (secondary N) is 1. The molecule has 29 heavy (non-hydrogen) atoms. The summed E-state index contributed by atoms with van der Waals surface area (Å²) in [6.45, 7) is 0. The zero-order valence-corrected chi connectivity index (χ0v) is 16.7. The van der Waals surface area contributed by atoms with Gasteiger partial charge in [-0.05, 0) is 48.6 Å². The highest BCUT2D eigenvalue weighted by Gasteiger charge is 2.21. The van der Waals surface area contributed by atoms with Crippen LogP contribution in [0.15, 0.2) is 53.9 Å². The second-order valence-corrected chi connectivity index (χ2v) is 8.34. The van der Waals surface area contributed by atoms with Gasteiger partial charge in [-0.15, -0.1) is 21.5 Å². The fourth-order valence-electron chi connectivity index (χ4n) is 3.84. The Hall–Kier alpha value is -3.06. The highest BCUT2D eigenvalue weighted by atomic mass is 32.1. The SMILES string of the molecule is O=C(Nc1ccc(-c2ccc3nnc(-c4cccs4)n3n2)cc1)C1CCCCC1. The average molecular weight is 404 g/mol. The summed E-state index contributed by atoms with van der Waals surface area (Å²) in [6.07, 6.45) is 5.55. The summed E-state index contributed by atoms with van der Waals surface area (Å²) in [5.41, 5.74) is 3.36. The Morgan fingerprint density at radius 3 is 2.59 bits per heavy atom. The Bertz CT molecular complexity index is 1130. The molecule has 1 saturated carbocycles. The van der Waals surface area contributed by atoms with Crippen LogP contribution in [-0.2, 0) is 4.79 Å². The Morgan fingerprint density at radius 2 is 1.83 bits per heavy atom. The van der Waals surface area contributed by atoms with Crippen molar-refractivity contribution in [1.82, 2.24) is 19.8 Å². The van der Waals surface area contributed by atoms with E-state index in [0.29, 0.717) is 5.65 Å². The minimum Gasteiger partial charge on any atom is -0.326 e. The Morgan fingerprint density at radius 1 is 1.00 bits per heavy atom. The number of fused-ring (bicyclic) bond motifs is 1. The molecule has 0 aliphatic heterocycles. The van der Waals surface area contributed by atoms with E-state index in [4.69, 9.17) is 5.10 Å². The lowest BCUT2D eigenvalue weighted by Crippen LogP contribution is -2.24. The predicted molar refractivity (Wildman–Crippen MR) is 115 cm³/mol. The molecule has 146 valence electrons. The van der Waals surface area contributed by atoms with Gasteiger partial charge in [0.1, 0.15) is 0 Å². The van der Waals surface area contributed by atoms with E-state index in [1.54, 1.807) is 15.9 Å². The van der Waals surface area contributed by atoms with Gasteiger partial charge in [0, 0.05) is 17.2 Å². The smallest absolute Gasteiger partial charge is 0.227 e. The van der Waals surface area contributed by atoms with E-state index in [1.165, 1.54) is 6.42 Å². The van der Waals surface area contributed by atoms with Crippen LogP contribution >= 0.6 is 11.3 Å². The maximum Gasteiger partial charge on any atom is 0.227 e. The minimum atomic E-state index is 0.141. The largest absolute Gasteiger partial charge is 0.326 e. The molecular weight excluding hydrogens is 382 g/mol. The summed E-state index contributed by atoms with van der Waals surface area (Å²) >= 11 is 1.61. The molecule has 1 aromatic carbocycles. The van der Waals surface area contributed by atoms with E-state index >= 15 is 0 Å². The highest BCUT2D eigenvalue weighted by molar-refractivity contribution is 7.13. The van der Waals surface area contributed by atoms with Crippen molar-refractivity contribution in [3.8, 4) is 22.0 Å². The van der Waals surface area contributed by atoms with Crippen LogP contribution in [0.1, 0.15) is 32.1 Å². The summed E-state index contributed by atoms with van der Waals surface area (Å²) in [6, 6.07) is 15.7. The Labute approximate surface area is 172 Å². The number of hydrogen-bond acceptors (Lipinski definition) is 5. The molecular formula is C22H21N5OS. The molecule has 1 fully saturated rings. The topological polar surface area (TPSA) is 72.2 Å². The molecule has 0 radical (unpaired) electrons. The molecule has 5 rings (SSSR count). The maximum absolute atomic E-state index is 12.4. The van der Waals surface area contributed by atoms with Crippen LogP contribution in [0.25, 0.3) is 27.6 Å². The first-order chi connectivity index (χ1) is 14.3. The van der Waals surface area contributed by atoms with Crippen LogP contribution in [0.5, 0.6) is 0 Å². The van der Waals surface area contributed by atoms with Crippen molar-refractivity contribution in [2.75, 3.05) is 5.32 Å². The summed E-state index contributed by atoms with van der Waals surface area (Å²) < 4.78 is 1.78. The molecule has 3 heterocycles. The van der Waals surface area contributed by atoms with Crippen molar-refractivity contribution in [3.05, 3.63) is 53.9 Å². The van der Waals surface area contributed by atoms with Crippen molar-refractivity contribution in [1.29, 1.82) is 0 Å². The van der Waals surface area contributed by atoms with E-state index < -0.39 is 0 Å². The van der Waals surface area contributed by atoms with Crippen molar-refractivity contribution in [2.45, 2.75) is 32.1 Å². The molecule has 0 spiro atoms. The Kier molecular flexibility index (Phi) is 4.81. The van der Waals surface area contributed by atoms with E-state index in [2.05, 4.69) is 15.5 Å². The monoisotopic (exact) mass is 403 g/mol. The number of thiophene rings is 1. The molecule has 0 bridgehead atoms. The van der Waals surface area contributed by atoms with Gasteiger partial charge >= 0.3 is 0 Å². The number of rotatable bonds is 4. The fourth-order valence-corrected chi connectivity index (χ4v) is 4.53. The number of hydrogen-bond donors (Lipinski definition) is 1. The van der Waals surface area contributed by atoms with Crippen molar-refractivity contribution in [3.63, 3.8) is 0 Å². The van der Waals surface area contributed by atoms with E-state index in [9.17, 15) is 4.79 Å². The molecule has 4 aromatic rings. The standard InChI is InChI=1S/C22H21N5OS/c28-22(16-5-2-1-3-6-16)23-17-10-8-15(9-11-17)18-12-13-20-24-25-21(27(20)26-18)19-7-4-14-29-19/h4,7-14,16H,1-3,5-6H2,(H,23,28). The van der Waals surface area contributed by atoms with Gasteiger partial charge in [0.05, 0.1) is 10.6 Å². The maximum atomic E-state index is 12.4. The van der Waals surface area contributed by atoms with Crippen LogP contribution in [0.3, 0.4) is 0 Å². The zero-order valence-electron chi connectivity index (χ0n) is 15.9. The minimum absolute atomic E-state index is 0.141.